The van der Waals surface area contributed by atoms with Crippen molar-refractivity contribution >= 4 is 38.9 Å². The van der Waals surface area contributed by atoms with Gasteiger partial charge in [-0.25, -0.2) is 12.8 Å². The molecule has 6 nitrogen and oxygen atoms in total. The number of nitrogens with zero attached hydrogens (tertiary/aromatic N) is 1. The molecule has 1 N–H and O–H groups in total. The Labute approximate surface area is 177 Å². The molecule has 1 heterocycles. The van der Waals surface area contributed by atoms with Crippen LogP contribution in [0.25, 0.3) is 0 Å². The third kappa shape index (κ3) is 3.59. The number of nitrogens with one attached hydrogen (secondary N) is 1. The summed E-state index contributed by atoms with van der Waals surface area (Å²) in [5.41, 5.74) is 1.93. The smallest absolute Gasteiger partial charge is 0.261 e. The fourth-order valence-corrected chi connectivity index (χ4v) is 4.41. The molecule has 3 aromatic rings. The third-order valence-electron chi connectivity index (χ3n) is 4.66. The zero-order valence-corrected chi connectivity index (χ0v) is 17.5. The fourth-order valence-electron chi connectivity index (χ4n) is 3.09. The molecule has 4 rings (SSSR count). The SMILES string of the molecule is Cc1ccc2c(c1)N(C)C(=O)c1cc(NS(=O)(=O)c3ccc(F)c(Cl)c3)ccc1O2. The van der Waals surface area contributed by atoms with Crippen LogP contribution in [0.1, 0.15) is 15.9 Å². The predicted octanol–water partition coefficient (Wildman–Crippen LogP) is 4.97. The highest BCUT2D eigenvalue weighted by molar-refractivity contribution is 7.92. The van der Waals surface area contributed by atoms with E-state index in [-0.39, 0.29) is 27.1 Å². The van der Waals surface area contributed by atoms with E-state index in [4.69, 9.17) is 16.3 Å². The second-order valence-electron chi connectivity index (χ2n) is 6.83. The summed E-state index contributed by atoms with van der Waals surface area (Å²) >= 11 is 5.69. The van der Waals surface area contributed by atoms with Gasteiger partial charge < -0.3 is 9.64 Å². The highest BCUT2D eigenvalue weighted by Gasteiger charge is 2.27. The van der Waals surface area contributed by atoms with Gasteiger partial charge in [0, 0.05) is 12.7 Å². The summed E-state index contributed by atoms with van der Waals surface area (Å²) in [5.74, 6) is -0.242. The van der Waals surface area contributed by atoms with Gasteiger partial charge in [-0.15, -0.1) is 0 Å². The second kappa shape index (κ2) is 7.30. The van der Waals surface area contributed by atoms with Crippen LogP contribution in [0.2, 0.25) is 5.02 Å². The normalized spacial score (nSPS) is 13.2. The monoisotopic (exact) mass is 446 g/mol. The highest BCUT2D eigenvalue weighted by Crippen LogP contribution is 2.39. The summed E-state index contributed by atoms with van der Waals surface area (Å²) < 4.78 is 46.9. The minimum atomic E-state index is -4.05. The van der Waals surface area contributed by atoms with Crippen LogP contribution in [0, 0.1) is 12.7 Å². The van der Waals surface area contributed by atoms with E-state index in [0.29, 0.717) is 17.2 Å². The van der Waals surface area contributed by atoms with E-state index in [2.05, 4.69) is 4.72 Å². The summed E-state index contributed by atoms with van der Waals surface area (Å²) in [6.45, 7) is 1.91. The molecule has 154 valence electrons. The number of benzene rings is 3. The molecule has 0 unspecified atom stereocenters. The number of fused-ring (bicyclic) bond motifs is 2. The average molecular weight is 447 g/mol. The minimum absolute atomic E-state index is 0.154. The summed E-state index contributed by atoms with van der Waals surface area (Å²) in [4.78, 5) is 14.2. The highest BCUT2D eigenvalue weighted by atomic mass is 35.5. The molecule has 30 heavy (non-hydrogen) atoms. The molecule has 0 bridgehead atoms. The number of hydrogen-bond acceptors (Lipinski definition) is 4. The molecule has 0 aliphatic carbocycles. The Bertz CT molecular complexity index is 1290. The number of anilines is 2. The Morgan fingerprint density at radius 3 is 2.50 bits per heavy atom. The van der Waals surface area contributed by atoms with Crippen LogP contribution in [0.15, 0.2) is 59.5 Å². The number of carbonyl (C=O) groups excluding carboxylic acids is 1. The zero-order chi connectivity index (χ0) is 21.6. The van der Waals surface area contributed by atoms with Crippen LogP contribution in [-0.4, -0.2) is 21.4 Å². The Balaban J connectivity index is 1.70. The van der Waals surface area contributed by atoms with E-state index in [1.165, 1.54) is 23.1 Å². The minimum Gasteiger partial charge on any atom is -0.454 e. The molecule has 0 spiro atoms. The molecular weight excluding hydrogens is 431 g/mol. The van der Waals surface area contributed by atoms with E-state index >= 15 is 0 Å². The Morgan fingerprint density at radius 1 is 1.03 bits per heavy atom. The standard InChI is InChI=1S/C21H16ClFN2O4S/c1-12-3-7-20-18(9-12)25(2)21(26)15-10-13(4-8-19(15)29-20)24-30(27,28)14-5-6-17(23)16(22)11-14/h3-11,24H,1-2H3. The largest absolute Gasteiger partial charge is 0.454 e. The third-order valence-corrected chi connectivity index (χ3v) is 6.33. The second-order valence-corrected chi connectivity index (χ2v) is 8.92. The van der Waals surface area contributed by atoms with Gasteiger partial charge in [0.15, 0.2) is 5.75 Å². The molecule has 1 amide bonds. The van der Waals surface area contributed by atoms with Crippen molar-refractivity contribution < 1.29 is 22.3 Å². The summed E-state index contributed by atoms with van der Waals surface area (Å²) in [5, 5.41) is -0.307. The molecule has 0 saturated carbocycles. The van der Waals surface area contributed by atoms with Gasteiger partial charge in [-0.1, -0.05) is 17.7 Å². The van der Waals surface area contributed by atoms with E-state index in [1.807, 2.05) is 19.1 Å². The van der Waals surface area contributed by atoms with Gasteiger partial charge in [0.1, 0.15) is 11.6 Å². The maximum Gasteiger partial charge on any atom is 0.261 e. The van der Waals surface area contributed by atoms with Crippen LogP contribution in [0.4, 0.5) is 15.8 Å². The number of amides is 1. The first-order chi connectivity index (χ1) is 14.2. The van der Waals surface area contributed by atoms with Crippen LogP contribution in [0.3, 0.4) is 0 Å². The van der Waals surface area contributed by atoms with Gasteiger partial charge in [0.25, 0.3) is 15.9 Å². The van der Waals surface area contributed by atoms with Crippen molar-refractivity contribution in [2.45, 2.75) is 11.8 Å². The van der Waals surface area contributed by atoms with Crippen molar-refractivity contribution in [2.24, 2.45) is 0 Å². The van der Waals surface area contributed by atoms with Gasteiger partial charge in [0.2, 0.25) is 0 Å². The summed E-state index contributed by atoms with van der Waals surface area (Å²) in [6, 6.07) is 13.0. The molecule has 0 atom stereocenters. The van der Waals surface area contributed by atoms with Crippen molar-refractivity contribution in [2.75, 3.05) is 16.7 Å². The number of aryl methyl sites for hydroxylation is 1. The first kappa shape index (κ1) is 20.2. The predicted molar refractivity (Wildman–Crippen MR) is 113 cm³/mol. The first-order valence-corrected chi connectivity index (χ1v) is 10.7. The molecule has 3 aromatic carbocycles. The average Bonchev–Trinajstić information content (AvgIpc) is 2.79. The van der Waals surface area contributed by atoms with E-state index < -0.39 is 15.8 Å². The van der Waals surface area contributed by atoms with Gasteiger partial charge in [-0.3, -0.25) is 9.52 Å². The molecule has 0 fully saturated rings. The number of rotatable bonds is 3. The molecule has 9 heteroatoms. The Hall–Kier alpha value is -3.10. The van der Waals surface area contributed by atoms with Crippen molar-refractivity contribution in [3.05, 3.63) is 76.6 Å². The van der Waals surface area contributed by atoms with Crippen LogP contribution < -0.4 is 14.4 Å². The number of hydrogen-bond donors (Lipinski definition) is 1. The Morgan fingerprint density at radius 2 is 1.77 bits per heavy atom. The molecule has 0 aromatic heterocycles. The van der Waals surface area contributed by atoms with Crippen LogP contribution in [-0.2, 0) is 10.0 Å². The van der Waals surface area contributed by atoms with Gasteiger partial charge in [0.05, 0.1) is 21.2 Å². The summed E-state index contributed by atoms with van der Waals surface area (Å²) in [7, 11) is -2.42. The lowest BCUT2D eigenvalue weighted by Crippen LogP contribution is -2.25. The lowest BCUT2D eigenvalue weighted by atomic mass is 10.1. The lowest BCUT2D eigenvalue weighted by molar-refractivity contribution is 0.0993. The quantitative estimate of drug-likeness (QED) is 0.616. The first-order valence-electron chi connectivity index (χ1n) is 8.84. The van der Waals surface area contributed by atoms with Gasteiger partial charge in [-0.05, 0) is 61.0 Å². The van der Waals surface area contributed by atoms with Crippen molar-refractivity contribution in [1.29, 1.82) is 0 Å². The maximum absolute atomic E-state index is 13.4. The van der Waals surface area contributed by atoms with Gasteiger partial charge >= 0.3 is 0 Å². The summed E-state index contributed by atoms with van der Waals surface area (Å²) in [6.07, 6.45) is 0. The van der Waals surface area contributed by atoms with Crippen molar-refractivity contribution in [3.8, 4) is 11.5 Å². The fraction of sp³-hybridized carbons (Fsp3) is 0.0952. The molecule has 0 saturated heterocycles. The lowest BCUT2D eigenvalue weighted by Gasteiger charge is -2.17. The number of carbonyl (C=O) groups is 1. The number of sulfonamides is 1. The zero-order valence-electron chi connectivity index (χ0n) is 15.9. The number of ether oxygens (including phenoxy) is 1. The molecule has 1 aliphatic rings. The topological polar surface area (TPSA) is 75.7 Å². The van der Waals surface area contributed by atoms with E-state index in [9.17, 15) is 17.6 Å². The number of halogens is 2. The molecule has 1 aliphatic heterocycles. The molecular formula is C21H16ClFN2O4S. The van der Waals surface area contributed by atoms with Crippen LogP contribution in [0.5, 0.6) is 11.5 Å². The van der Waals surface area contributed by atoms with Gasteiger partial charge in [-0.2, -0.15) is 0 Å². The van der Waals surface area contributed by atoms with Crippen LogP contribution >= 0.6 is 11.6 Å². The Kier molecular flexibility index (Phi) is 4.91. The van der Waals surface area contributed by atoms with Crippen molar-refractivity contribution in [3.63, 3.8) is 0 Å². The molecule has 0 radical (unpaired) electrons. The van der Waals surface area contributed by atoms with Crippen molar-refractivity contribution in [1.82, 2.24) is 0 Å². The van der Waals surface area contributed by atoms with E-state index in [1.54, 1.807) is 13.1 Å². The maximum atomic E-state index is 13.4. The van der Waals surface area contributed by atoms with E-state index in [0.717, 1.165) is 23.8 Å².